The third-order valence-electron chi connectivity index (χ3n) is 1.25. The molecule has 0 saturated carbocycles. The van der Waals surface area contributed by atoms with Gasteiger partial charge in [0.15, 0.2) is 0 Å². The Morgan fingerprint density at radius 2 is 1.92 bits per heavy atom. The van der Waals surface area contributed by atoms with Gasteiger partial charge in [0.25, 0.3) is 5.78 Å². The number of rotatable bonds is 4. The van der Waals surface area contributed by atoms with Crippen molar-refractivity contribution in [2.45, 2.75) is 26.4 Å². The fourth-order valence-corrected chi connectivity index (χ4v) is 0.659. The average Bonchev–Trinajstić information content (AvgIpc) is 2.01. The molecule has 13 heavy (non-hydrogen) atoms. The summed E-state index contributed by atoms with van der Waals surface area (Å²) in [6.07, 6.45) is -4.04. The zero-order valence-electron chi connectivity index (χ0n) is 7.44. The summed E-state index contributed by atoms with van der Waals surface area (Å²) in [5, 5.41) is 0. The predicted molar refractivity (Wildman–Crippen MR) is 41.1 cm³/mol. The molecule has 5 heteroatoms. The molecule has 0 radical (unpaired) electrons. The van der Waals surface area contributed by atoms with Crippen molar-refractivity contribution in [3.05, 3.63) is 11.8 Å². The van der Waals surface area contributed by atoms with Gasteiger partial charge in [0, 0.05) is 12.5 Å². The molecule has 0 spiro atoms. The van der Waals surface area contributed by atoms with Crippen LogP contribution < -0.4 is 0 Å². The van der Waals surface area contributed by atoms with Gasteiger partial charge in [0.2, 0.25) is 0 Å². The van der Waals surface area contributed by atoms with E-state index in [1.54, 1.807) is 13.8 Å². The minimum atomic E-state index is -4.81. The lowest BCUT2D eigenvalue weighted by atomic mass is 10.3. The third kappa shape index (κ3) is 4.55. The Balaban J connectivity index is 4.42. The van der Waals surface area contributed by atoms with Gasteiger partial charge in [0.1, 0.15) is 0 Å². The standard InChI is InChI=1S/C8H11F3O2/c1-3-6(13-4-2)5-7(12)8(9,10)11/h5H,3-4H2,1-2H3/b6-5-. The maximum atomic E-state index is 11.7. The second kappa shape index (κ2) is 4.89. The lowest BCUT2D eigenvalue weighted by Crippen LogP contribution is -2.20. The van der Waals surface area contributed by atoms with Crippen LogP contribution >= 0.6 is 0 Å². The van der Waals surface area contributed by atoms with E-state index in [2.05, 4.69) is 0 Å². The van der Waals surface area contributed by atoms with E-state index in [1.807, 2.05) is 0 Å². The van der Waals surface area contributed by atoms with E-state index in [9.17, 15) is 18.0 Å². The van der Waals surface area contributed by atoms with Crippen LogP contribution in [0.5, 0.6) is 0 Å². The minimum absolute atomic E-state index is 0.0600. The lowest BCUT2D eigenvalue weighted by molar-refractivity contribution is -0.165. The van der Waals surface area contributed by atoms with Gasteiger partial charge >= 0.3 is 6.18 Å². The zero-order valence-corrected chi connectivity index (χ0v) is 7.44. The highest BCUT2D eigenvalue weighted by Gasteiger charge is 2.36. The lowest BCUT2D eigenvalue weighted by Gasteiger charge is -2.06. The van der Waals surface area contributed by atoms with Gasteiger partial charge < -0.3 is 4.74 Å². The average molecular weight is 196 g/mol. The van der Waals surface area contributed by atoms with Crippen LogP contribution in [0.4, 0.5) is 13.2 Å². The molecule has 2 nitrogen and oxygen atoms in total. The Morgan fingerprint density at radius 3 is 2.23 bits per heavy atom. The second-order valence-electron chi connectivity index (χ2n) is 2.26. The first-order valence-corrected chi connectivity index (χ1v) is 3.86. The van der Waals surface area contributed by atoms with Gasteiger partial charge in [-0.15, -0.1) is 0 Å². The highest BCUT2D eigenvalue weighted by molar-refractivity contribution is 5.94. The molecule has 0 aliphatic rings. The highest BCUT2D eigenvalue weighted by Crippen LogP contribution is 2.18. The van der Waals surface area contributed by atoms with Crippen molar-refractivity contribution in [3.63, 3.8) is 0 Å². The summed E-state index contributed by atoms with van der Waals surface area (Å²) >= 11 is 0. The summed E-state index contributed by atoms with van der Waals surface area (Å²) in [6, 6.07) is 0. The van der Waals surface area contributed by atoms with E-state index in [0.29, 0.717) is 6.08 Å². The van der Waals surface area contributed by atoms with E-state index < -0.39 is 12.0 Å². The van der Waals surface area contributed by atoms with Crippen LogP contribution in [0.1, 0.15) is 20.3 Å². The summed E-state index contributed by atoms with van der Waals surface area (Å²) in [4.78, 5) is 10.4. The first kappa shape index (κ1) is 12.0. The quantitative estimate of drug-likeness (QED) is 0.510. The summed E-state index contributed by atoms with van der Waals surface area (Å²) in [5.41, 5.74) is 0. The van der Waals surface area contributed by atoms with Crippen LogP contribution in [0.15, 0.2) is 11.8 Å². The van der Waals surface area contributed by atoms with Gasteiger partial charge in [-0.3, -0.25) is 4.79 Å². The van der Waals surface area contributed by atoms with E-state index in [1.165, 1.54) is 0 Å². The molecule has 0 amide bonds. The van der Waals surface area contributed by atoms with E-state index in [0.717, 1.165) is 0 Å². The SMILES string of the molecule is CCO/C(=C\C(=O)C(F)(F)F)CC. The van der Waals surface area contributed by atoms with Crippen LogP contribution in [0.3, 0.4) is 0 Å². The Hall–Kier alpha value is -1.00. The molecule has 0 heterocycles. The molecule has 0 rings (SSSR count). The smallest absolute Gasteiger partial charge is 0.454 e. The third-order valence-corrected chi connectivity index (χ3v) is 1.25. The normalized spacial score (nSPS) is 12.8. The van der Waals surface area contributed by atoms with E-state index in [-0.39, 0.29) is 18.8 Å². The molecule has 0 aromatic heterocycles. The van der Waals surface area contributed by atoms with Crippen LogP contribution in [0.25, 0.3) is 0 Å². The molecule has 0 aromatic carbocycles. The van der Waals surface area contributed by atoms with Crippen molar-refractivity contribution in [1.29, 1.82) is 0 Å². The van der Waals surface area contributed by atoms with Crippen molar-refractivity contribution in [1.82, 2.24) is 0 Å². The largest absolute Gasteiger partial charge is 0.498 e. The minimum Gasteiger partial charge on any atom is -0.498 e. The molecule has 0 unspecified atom stereocenters. The monoisotopic (exact) mass is 196 g/mol. The maximum Gasteiger partial charge on any atom is 0.454 e. The fraction of sp³-hybridized carbons (Fsp3) is 0.625. The Kier molecular flexibility index (Phi) is 4.51. The van der Waals surface area contributed by atoms with Gasteiger partial charge in [-0.2, -0.15) is 13.2 Å². The van der Waals surface area contributed by atoms with E-state index >= 15 is 0 Å². The van der Waals surface area contributed by atoms with Gasteiger partial charge in [-0.05, 0) is 6.92 Å². The van der Waals surface area contributed by atoms with Gasteiger partial charge in [-0.25, -0.2) is 0 Å². The number of hydrogen-bond donors (Lipinski definition) is 0. The van der Waals surface area contributed by atoms with Crippen molar-refractivity contribution >= 4 is 5.78 Å². The van der Waals surface area contributed by atoms with Gasteiger partial charge in [0.05, 0.1) is 12.4 Å². The summed E-state index contributed by atoms with van der Waals surface area (Å²) in [6.45, 7) is 3.51. The molecule has 0 atom stereocenters. The van der Waals surface area contributed by atoms with Crippen molar-refractivity contribution in [3.8, 4) is 0 Å². The second-order valence-corrected chi connectivity index (χ2v) is 2.26. The zero-order chi connectivity index (χ0) is 10.5. The summed E-state index contributed by atoms with van der Waals surface area (Å²) in [7, 11) is 0. The number of halogens is 3. The van der Waals surface area contributed by atoms with E-state index in [4.69, 9.17) is 4.74 Å². The molecule has 0 saturated heterocycles. The molecular formula is C8H11F3O2. The summed E-state index contributed by atoms with van der Waals surface area (Å²) < 4.78 is 40.0. The Labute approximate surface area is 74.4 Å². The van der Waals surface area contributed by atoms with Crippen LogP contribution in [-0.4, -0.2) is 18.6 Å². The Bertz CT molecular complexity index is 206. The topological polar surface area (TPSA) is 26.3 Å². The van der Waals surface area contributed by atoms with Crippen molar-refractivity contribution < 1.29 is 22.7 Å². The molecule has 0 bridgehead atoms. The number of carbonyl (C=O) groups excluding carboxylic acids is 1. The first-order chi connectivity index (χ1) is 5.91. The van der Waals surface area contributed by atoms with Crippen molar-refractivity contribution in [2.75, 3.05) is 6.61 Å². The van der Waals surface area contributed by atoms with Crippen LogP contribution in [-0.2, 0) is 9.53 Å². The Morgan fingerprint density at radius 1 is 1.38 bits per heavy atom. The molecular weight excluding hydrogens is 185 g/mol. The van der Waals surface area contributed by atoms with Crippen LogP contribution in [0, 0.1) is 0 Å². The predicted octanol–water partition coefficient (Wildman–Crippen LogP) is 2.45. The van der Waals surface area contributed by atoms with Gasteiger partial charge in [-0.1, -0.05) is 6.92 Å². The number of carbonyl (C=O) groups is 1. The molecule has 0 N–H and O–H groups in total. The molecule has 0 fully saturated rings. The number of hydrogen-bond acceptors (Lipinski definition) is 2. The number of ether oxygens (including phenoxy) is 1. The molecule has 0 aliphatic heterocycles. The maximum absolute atomic E-state index is 11.7. The molecule has 76 valence electrons. The highest BCUT2D eigenvalue weighted by atomic mass is 19.4. The number of ketones is 1. The molecule has 0 aromatic rings. The fourth-order valence-electron chi connectivity index (χ4n) is 0.659. The summed E-state index contributed by atoms with van der Waals surface area (Å²) in [5.74, 6) is -1.82. The first-order valence-electron chi connectivity index (χ1n) is 3.86. The number of allylic oxidation sites excluding steroid dienone is 2. The van der Waals surface area contributed by atoms with Crippen LogP contribution in [0.2, 0.25) is 0 Å². The molecule has 0 aliphatic carbocycles. The number of alkyl halides is 3. The van der Waals surface area contributed by atoms with Crippen molar-refractivity contribution in [2.24, 2.45) is 0 Å².